The van der Waals surface area contributed by atoms with Gasteiger partial charge in [-0.25, -0.2) is 4.79 Å². The van der Waals surface area contributed by atoms with Crippen molar-refractivity contribution in [2.75, 3.05) is 52.9 Å². The fraction of sp³-hybridized carbons (Fsp3) is 0.756. The van der Waals surface area contributed by atoms with Gasteiger partial charge in [0.15, 0.2) is 0 Å². The second kappa shape index (κ2) is 15.3. The number of para-hydroxylation sites is 1. The van der Waals surface area contributed by atoms with E-state index in [-0.39, 0.29) is 54.6 Å². The highest BCUT2D eigenvalue weighted by Crippen LogP contribution is 2.72. The number of likely N-dealkylation sites (tertiary alicyclic amines) is 1. The molecule has 1 heterocycles. The molecule has 0 aromatic heterocycles. The first-order chi connectivity index (χ1) is 26.0. The van der Waals surface area contributed by atoms with Gasteiger partial charge in [0.05, 0.1) is 42.1 Å². The number of amides is 2. The summed E-state index contributed by atoms with van der Waals surface area (Å²) in [6, 6.07) is 6.55. The highest BCUT2D eigenvalue weighted by molar-refractivity contribution is 6.02. The average molecular weight is 772 g/mol. The summed E-state index contributed by atoms with van der Waals surface area (Å²) in [4.78, 5) is 54.2. The lowest BCUT2D eigenvalue weighted by Crippen LogP contribution is -2.74. The van der Waals surface area contributed by atoms with E-state index in [0.717, 1.165) is 0 Å². The number of aliphatic hydroxyl groups is 2. The lowest BCUT2D eigenvalue weighted by Gasteiger charge is -2.67. The summed E-state index contributed by atoms with van der Waals surface area (Å²) in [5.41, 5.74) is 0.602. The number of carbonyl (C=O) groups is 4. The minimum Gasteiger partial charge on any atom is -0.461 e. The fourth-order valence-electron chi connectivity index (χ4n) is 11.8. The molecule has 0 unspecified atom stereocenters. The molecule has 1 aliphatic heterocycles. The van der Waals surface area contributed by atoms with E-state index in [1.54, 1.807) is 73.3 Å². The van der Waals surface area contributed by atoms with E-state index >= 15 is 0 Å². The van der Waals surface area contributed by atoms with Crippen molar-refractivity contribution in [2.24, 2.45) is 52.1 Å². The smallest absolute Gasteiger partial charge is 0.340 e. The molecule has 4 bridgehead atoms. The Bertz CT molecular complexity index is 1640. The van der Waals surface area contributed by atoms with Crippen LogP contribution < -0.4 is 11.1 Å². The van der Waals surface area contributed by atoms with Crippen molar-refractivity contribution in [3.05, 3.63) is 29.8 Å². The van der Waals surface area contributed by atoms with Crippen molar-refractivity contribution < 1.29 is 53.1 Å². The molecular formula is C41H61N3O11. The van der Waals surface area contributed by atoms with Crippen LogP contribution >= 0.6 is 0 Å². The number of anilines is 1. The van der Waals surface area contributed by atoms with Crippen molar-refractivity contribution >= 4 is 29.4 Å². The largest absolute Gasteiger partial charge is 0.461 e. The summed E-state index contributed by atoms with van der Waals surface area (Å²) in [6.07, 6.45) is -0.733. The number of carbonyl (C=O) groups excluding carboxylic acids is 4. The van der Waals surface area contributed by atoms with Crippen LogP contribution in [-0.4, -0.2) is 122 Å². The quantitative estimate of drug-likeness (QED) is 0.215. The van der Waals surface area contributed by atoms with Crippen molar-refractivity contribution in [3.63, 3.8) is 0 Å². The predicted octanol–water partition coefficient (Wildman–Crippen LogP) is 2.78. The predicted molar refractivity (Wildman–Crippen MR) is 200 cm³/mol. The summed E-state index contributed by atoms with van der Waals surface area (Å²) in [6.45, 7) is 10.6. The zero-order valence-electron chi connectivity index (χ0n) is 33.5. The van der Waals surface area contributed by atoms with Gasteiger partial charge < -0.3 is 49.8 Å². The van der Waals surface area contributed by atoms with Gasteiger partial charge in [0.25, 0.3) is 0 Å². The number of hydrogen-bond acceptors (Lipinski definition) is 12. The Labute approximate surface area is 324 Å². The monoisotopic (exact) mass is 771 g/mol. The van der Waals surface area contributed by atoms with Crippen LogP contribution in [0.4, 0.5) is 5.69 Å². The van der Waals surface area contributed by atoms with Crippen molar-refractivity contribution in [1.82, 2.24) is 4.90 Å². The first kappa shape index (κ1) is 41.5. The molecule has 0 spiro atoms. The highest BCUT2D eigenvalue weighted by atomic mass is 16.6. The van der Waals surface area contributed by atoms with Crippen LogP contribution in [-0.2, 0) is 38.1 Å². The average Bonchev–Trinajstić information content (AvgIpc) is 3.43. The summed E-state index contributed by atoms with van der Waals surface area (Å²) in [7, 11) is 4.85. The maximum absolute atomic E-state index is 14.1. The maximum Gasteiger partial charge on any atom is 0.340 e. The number of piperidine rings is 1. The molecule has 4 aliphatic carbocycles. The third-order valence-electron chi connectivity index (χ3n) is 14.4. The van der Waals surface area contributed by atoms with Crippen LogP contribution in [0.1, 0.15) is 77.1 Å². The topological polar surface area (TPSA) is 196 Å². The van der Waals surface area contributed by atoms with Crippen molar-refractivity contribution in [3.8, 4) is 0 Å². The Kier molecular flexibility index (Phi) is 11.6. The summed E-state index contributed by atoms with van der Waals surface area (Å²) >= 11 is 0. The molecule has 1 aromatic carbocycles. The first-order valence-electron chi connectivity index (χ1n) is 19.8. The third kappa shape index (κ3) is 6.58. The Balaban J connectivity index is 1.44. The molecule has 55 heavy (non-hydrogen) atoms. The van der Waals surface area contributed by atoms with Crippen LogP contribution in [0.15, 0.2) is 24.3 Å². The van der Waals surface area contributed by atoms with Gasteiger partial charge in [-0.3, -0.25) is 14.4 Å². The summed E-state index contributed by atoms with van der Waals surface area (Å²) in [5, 5.41) is 29.0. The van der Waals surface area contributed by atoms with E-state index in [0.29, 0.717) is 38.9 Å². The highest BCUT2D eigenvalue weighted by Gasteiger charge is 2.80. The molecule has 5 N–H and O–H groups in total. The van der Waals surface area contributed by atoms with E-state index in [9.17, 15) is 29.4 Å². The molecule has 2 amide bonds. The summed E-state index contributed by atoms with van der Waals surface area (Å²) in [5.74, 6) is -4.83. The SMILES string of the molecule is CCN1C[C@]2(COC(=O)c3ccccc3NC(=O)C[C@H](C)C(N)=O)CC[C@H](OC)[C@@]3(C1)[C@H]1C[C@H]4[C@@H](OC(=O)C(C)C)[C@@H]1[C@](O)(C[C@@H]4OC)[C@@](C)(O)[C@H](OC)[C@@H]23. The number of rotatable bonds is 13. The lowest BCUT2D eigenvalue weighted by molar-refractivity contribution is -0.283. The second-order valence-corrected chi connectivity index (χ2v) is 17.5. The van der Waals surface area contributed by atoms with Crippen LogP contribution in [0.25, 0.3) is 0 Å². The van der Waals surface area contributed by atoms with E-state index in [2.05, 4.69) is 17.1 Å². The Morgan fingerprint density at radius 2 is 1.75 bits per heavy atom. The van der Waals surface area contributed by atoms with E-state index < -0.39 is 81.8 Å². The summed E-state index contributed by atoms with van der Waals surface area (Å²) < 4.78 is 31.6. The zero-order chi connectivity index (χ0) is 40.2. The molecule has 5 fully saturated rings. The van der Waals surface area contributed by atoms with Crippen molar-refractivity contribution in [2.45, 2.75) is 102 Å². The Morgan fingerprint density at radius 3 is 2.36 bits per heavy atom. The van der Waals surface area contributed by atoms with Gasteiger partial charge in [0, 0.05) is 81.8 Å². The van der Waals surface area contributed by atoms with E-state index in [4.69, 9.17) is 29.4 Å². The number of nitrogens with one attached hydrogen (secondary N) is 1. The second-order valence-electron chi connectivity index (χ2n) is 17.5. The van der Waals surface area contributed by atoms with Crippen molar-refractivity contribution in [1.29, 1.82) is 0 Å². The zero-order valence-corrected chi connectivity index (χ0v) is 33.5. The van der Waals surface area contributed by atoms with Gasteiger partial charge in [0.1, 0.15) is 17.3 Å². The minimum atomic E-state index is -1.87. The van der Waals surface area contributed by atoms with Gasteiger partial charge >= 0.3 is 11.9 Å². The van der Waals surface area contributed by atoms with E-state index in [1.165, 1.54) is 0 Å². The van der Waals surface area contributed by atoms with Crippen LogP contribution in [0.3, 0.4) is 0 Å². The fourth-order valence-corrected chi connectivity index (χ4v) is 11.8. The molecule has 306 valence electrons. The number of esters is 2. The number of nitrogens with zero attached hydrogens (tertiary/aromatic N) is 1. The normalized spacial score (nSPS) is 39.8. The van der Waals surface area contributed by atoms with Gasteiger partial charge in [-0.15, -0.1) is 0 Å². The minimum absolute atomic E-state index is 0.0339. The number of ether oxygens (including phenoxy) is 5. The molecule has 1 aromatic rings. The van der Waals surface area contributed by atoms with E-state index in [1.807, 2.05) is 0 Å². The number of fused-ring (bicyclic) bond motifs is 1. The molecule has 14 heteroatoms. The van der Waals surface area contributed by atoms with Crippen LogP contribution in [0.2, 0.25) is 0 Å². The molecule has 5 aliphatic rings. The number of nitrogens with two attached hydrogens (primary N) is 1. The molecule has 0 radical (unpaired) electrons. The molecule has 6 rings (SSSR count). The first-order valence-corrected chi connectivity index (χ1v) is 19.8. The van der Waals surface area contributed by atoms with Gasteiger partial charge in [-0.05, 0) is 50.8 Å². The lowest BCUT2D eigenvalue weighted by atomic mass is 9.45. The molecule has 1 saturated heterocycles. The molecule has 4 saturated carbocycles. The molecule has 13 atom stereocenters. The number of primary amides is 1. The Morgan fingerprint density at radius 1 is 1.04 bits per heavy atom. The van der Waals surface area contributed by atoms with Gasteiger partial charge in [0.2, 0.25) is 11.8 Å². The van der Waals surface area contributed by atoms with Crippen LogP contribution in [0.5, 0.6) is 0 Å². The number of methoxy groups -OCH3 is 3. The molecular weight excluding hydrogens is 710 g/mol. The van der Waals surface area contributed by atoms with Gasteiger partial charge in [-0.2, -0.15) is 0 Å². The maximum atomic E-state index is 14.1. The number of hydrogen-bond donors (Lipinski definition) is 4. The van der Waals surface area contributed by atoms with Gasteiger partial charge in [-0.1, -0.05) is 39.8 Å². The third-order valence-corrected chi connectivity index (χ3v) is 14.4. The number of benzene rings is 1. The molecule has 14 nitrogen and oxygen atoms in total. The Hall–Kier alpha value is -3.14. The van der Waals surface area contributed by atoms with Crippen LogP contribution in [0, 0.1) is 46.3 Å². The standard InChI is InChI=1S/C41H61N3O11/c1-9-44-19-39(21-54-37(48)24-12-10-11-13-27(24)43-30(45)16-23(4)35(42)46)15-14-29(52-7)40(20-44)26-17-25-28(51-6)18-41(50,38(5,49)34(53-8)33(39)40)31(26)32(25)55-36(47)22(2)3/h10-13,22-23,25-26,28-29,31-34,49-50H,9,14-21H2,1-8H3,(H2,42,46)(H,43,45)/t23-,25+,26-,28-,29-,31+,32+,33-,34+,38-,39-,40+,41+/m0/s1.